The third kappa shape index (κ3) is 14.1. The van der Waals surface area contributed by atoms with Crippen LogP contribution in [0.4, 0.5) is 10.5 Å². The molecule has 1 aromatic heterocycles. The van der Waals surface area contributed by atoms with Gasteiger partial charge in [-0.1, -0.05) is 65.8 Å². The number of piperidine rings is 1. The quantitative estimate of drug-likeness (QED) is 0.00846. The molecule has 5 aliphatic heterocycles. The Morgan fingerprint density at radius 3 is 2.16 bits per heavy atom. The maximum atomic E-state index is 15.6. The molecule has 530 valence electrons. The number of esters is 1. The number of aliphatic hydroxyl groups is 3. The summed E-state index contributed by atoms with van der Waals surface area (Å²) in [7, 11) is 7.96. The van der Waals surface area contributed by atoms with Crippen LogP contribution in [0.15, 0.2) is 48.6 Å². The molecule has 2 aromatic carbocycles. The van der Waals surface area contributed by atoms with Crippen molar-refractivity contribution in [3.05, 3.63) is 70.9 Å². The summed E-state index contributed by atoms with van der Waals surface area (Å²) in [5.74, 6) is -10.2. The number of carboxylic acids is 3. The first kappa shape index (κ1) is 73.3. The zero-order valence-corrected chi connectivity index (χ0v) is 56.6. The van der Waals surface area contributed by atoms with Crippen LogP contribution in [0, 0.1) is 16.7 Å². The van der Waals surface area contributed by atoms with Crippen LogP contribution in [0.2, 0.25) is 0 Å². The molecule has 5 amide bonds. The van der Waals surface area contributed by atoms with Crippen LogP contribution in [0.1, 0.15) is 94.0 Å². The van der Waals surface area contributed by atoms with Crippen molar-refractivity contribution in [2.45, 2.75) is 142 Å². The van der Waals surface area contributed by atoms with Gasteiger partial charge in [0.25, 0.3) is 5.91 Å². The number of carboxylic acid groups (broad SMARTS) is 3. The summed E-state index contributed by atoms with van der Waals surface area (Å²) in [5.41, 5.74) is 6.29. The van der Waals surface area contributed by atoms with Crippen molar-refractivity contribution in [3.63, 3.8) is 0 Å². The number of aromatic nitrogens is 1. The average molecular weight is 1390 g/mol. The lowest BCUT2D eigenvalue weighted by Crippen LogP contribution is -2.82. The third-order valence-electron chi connectivity index (χ3n) is 20.5. The van der Waals surface area contributed by atoms with E-state index in [0.717, 1.165) is 38.1 Å². The van der Waals surface area contributed by atoms with E-state index in [-0.39, 0.29) is 55.8 Å². The van der Waals surface area contributed by atoms with Gasteiger partial charge >= 0.3 is 30.0 Å². The Bertz CT molecular complexity index is 3570. The van der Waals surface area contributed by atoms with Crippen molar-refractivity contribution in [1.82, 2.24) is 52.2 Å². The number of amides is 5. The maximum absolute atomic E-state index is 15.6. The summed E-state index contributed by atoms with van der Waals surface area (Å²) in [6, 6.07) is 3.61. The lowest BCUT2D eigenvalue weighted by atomic mass is 9.47. The number of nitrogens with zero attached hydrogens (tertiary/aromatic N) is 3. The number of carbonyl (C=O) groups excluding carboxylic acids is 6. The largest absolute Gasteiger partial charge is 0.496 e. The number of hydrogen-bond donors (Lipinski definition) is 16. The Morgan fingerprint density at radius 2 is 1.54 bits per heavy atom. The molecule has 6 aliphatic rings. The fraction of sp³-hybridized carbons (Fsp3) is 0.594. The second-order valence-electron chi connectivity index (χ2n) is 26.0. The predicted molar refractivity (Wildman–Crippen MR) is 356 cm³/mol. The number of hydrogen-bond acceptors (Lipinski definition) is 22. The van der Waals surface area contributed by atoms with E-state index < -0.39 is 136 Å². The Morgan fingerprint density at radius 1 is 0.856 bits per heavy atom. The van der Waals surface area contributed by atoms with Crippen LogP contribution in [0.5, 0.6) is 5.75 Å². The van der Waals surface area contributed by atoms with Crippen molar-refractivity contribution in [2.24, 2.45) is 17.1 Å². The number of benzene rings is 2. The highest BCUT2D eigenvalue weighted by molar-refractivity contribution is 8.76. The minimum Gasteiger partial charge on any atom is -0.496 e. The van der Waals surface area contributed by atoms with Gasteiger partial charge in [0.2, 0.25) is 17.7 Å². The summed E-state index contributed by atoms with van der Waals surface area (Å²) >= 11 is 0. The molecular formula is C64H89N13O18S2. The van der Waals surface area contributed by atoms with E-state index >= 15 is 9.59 Å². The number of guanidine groups is 1. The Labute approximate surface area is 567 Å². The number of carbonyl (C=O) groups is 9. The molecule has 14 atom stereocenters. The monoisotopic (exact) mass is 1390 g/mol. The number of anilines is 1. The Hall–Kier alpha value is -7.92. The highest BCUT2D eigenvalue weighted by Crippen LogP contribution is 2.68. The van der Waals surface area contributed by atoms with Gasteiger partial charge in [-0.25, -0.2) is 15.0 Å². The molecule has 31 nitrogen and oxygen atoms in total. The highest BCUT2D eigenvalue weighted by atomic mass is 33.1. The lowest BCUT2D eigenvalue weighted by molar-refractivity contribution is -0.204. The van der Waals surface area contributed by atoms with E-state index in [2.05, 4.69) is 52.2 Å². The van der Waals surface area contributed by atoms with Gasteiger partial charge in [-0.15, -0.1) is 0 Å². The summed E-state index contributed by atoms with van der Waals surface area (Å²) in [5, 5.41) is 88.0. The number of aliphatic hydroxyl groups excluding tert-OH is 1. The average Bonchev–Trinajstić information content (AvgIpc) is 1.50. The number of nitrogens with two attached hydrogens (primary N) is 1. The molecule has 3 fully saturated rings. The molecule has 9 rings (SSSR count). The number of H-pyrrole nitrogens is 1. The van der Waals surface area contributed by atoms with Crippen LogP contribution in [0.3, 0.4) is 0 Å². The number of ether oxygens (including phenoxy) is 3. The second kappa shape index (κ2) is 30.1. The molecular weight excluding hydrogens is 1300 g/mol. The maximum Gasteiger partial charge on any atom is 0.426 e. The van der Waals surface area contributed by atoms with Crippen molar-refractivity contribution in [3.8, 4) is 5.75 Å². The minimum atomic E-state index is -2.69. The lowest BCUT2D eigenvalue weighted by Gasteiger charge is -2.63. The van der Waals surface area contributed by atoms with Crippen LogP contribution < -0.4 is 52.8 Å². The first-order valence-electron chi connectivity index (χ1n) is 32.3. The zero-order chi connectivity index (χ0) is 70.5. The van der Waals surface area contributed by atoms with Gasteiger partial charge in [-0.05, 0) is 94.1 Å². The Balaban J connectivity index is 0.899. The predicted octanol–water partition coefficient (Wildman–Crippen LogP) is -0.274. The van der Waals surface area contributed by atoms with E-state index in [9.17, 15) is 64.2 Å². The number of fused-ring (bicyclic) bond motifs is 6. The molecule has 0 radical (unpaired) electrons. The smallest absolute Gasteiger partial charge is 0.426 e. The van der Waals surface area contributed by atoms with Crippen molar-refractivity contribution in [1.29, 1.82) is 5.41 Å². The number of likely N-dealkylation sites (N-methyl/N-ethyl adjacent to an activating group) is 2. The van der Waals surface area contributed by atoms with E-state index in [0.29, 0.717) is 93.1 Å². The third-order valence-corrected chi connectivity index (χ3v) is 22.9. The molecule has 97 heavy (non-hydrogen) atoms. The van der Waals surface area contributed by atoms with E-state index in [1.165, 1.54) is 21.3 Å². The zero-order valence-electron chi connectivity index (χ0n) is 55.0. The molecule has 1 unspecified atom stereocenters. The van der Waals surface area contributed by atoms with Crippen LogP contribution >= 0.6 is 21.6 Å². The SMILES string of the molecule is CC[C@]1(O)C[C@H]2CN(CCc3c([nH]c4ccccc34)[C@@](C(=O)OC)(c3cc4c(cc3OC)N(C)[C@H]3[C@@](O)(C(=O)NNC(=O)OCCSSC[C@H](NC(=O)[C@H](CC(=O)O)NC(=O)[C@H](CC(=O)O)NC(=O)[C@H](CCCNC(=N)N)NC)C(=O)O)[C@H](O)[C@]5(CC)C=CCN6CC[C@]43[C@@H]65)C2)C1. The summed E-state index contributed by atoms with van der Waals surface area (Å²) in [4.78, 5) is 130. The van der Waals surface area contributed by atoms with Gasteiger partial charge in [0, 0.05) is 102 Å². The molecule has 1 aliphatic carbocycles. The van der Waals surface area contributed by atoms with Crippen molar-refractivity contribution in [2.75, 3.05) is 90.6 Å². The standard InChI is InChI=1S/C64H89N13O18S2/c1-7-60(91)29-34-30-63(57(89)94-6,48-36(16-21-76(31-34)33-60)35-13-9-10-14-39(35)69-48)38-25-37-44(28-45(38)93-5)75(4)54-62(37)18-22-77-20-12-17-61(8-2,53(62)77)55(87)64(54,92)56(88)73-74-59(90)95-23-24-96-97-32-43(52(85)86)72-51(84)42(27-47(80)81)71-50(83)41(26-46(78)79)70-49(82)40(67-3)15-11-19-68-58(65)66/h9-10,12-14,17,25,28,34,40-43,53-55,67,69,87,91-92H,7-8,11,15-16,18-24,26-27,29-33H2,1-6H3,(H,70,82)(H,71,83)(H,72,84)(H,73,88)(H,74,90)(H,78,79)(H,80,81)(H,85,86)(H4,65,66,68)/t34-,40+,41+,42+,43+,53+,54-,55-,60+,61-,62-,63+,64+/m1/s1. The molecule has 6 heterocycles. The first-order valence-corrected chi connectivity index (χ1v) is 34.8. The molecule has 3 aromatic rings. The normalized spacial score (nSPS) is 28.0. The van der Waals surface area contributed by atoms with Crippen LogP contribution in [-0.4, -0.2) is 244 Å². The van der Waals surface area contributed by atoms with Gasteiger partial charge in [0.05, 0.1) is 44.7 Å². The molecule has 1 saturated carbocycles. The van der Waals surface area contributed by atoms with E-state index in [1.807, 2.05) is 62.4 Å². The van der Waals surface area contributed by atoms with E-state index in [4.69, 9.17) is 25.4 Å². The second-order valence-corrected chi connectivity index (χ2v) is 28.6. The van der Waals surface area contributed by atoms with Crippen molar-refractivity contribution >= 4 is 97.7 Å². The van der Waals surface area contributed by atoms with Gasteiger partial charge < -0.3 is 87.1 Å². The number of methoxy groups -OCH3 is 2. The fourth-order valence-electron chi connectivity index (χ4n) is 16.3. The molecule has 1 spiro atoms. The van der Waals surface area contributed by atoms with Crippen LogP contribution in [0.25, 0.3) is 10.9 Å². The molecule has 2 bridgehead atoms. The molecule has 17 N–H and O–H groups in total. The van der Waals surface area contributed by atoms with Gasteiger partial charge in [0.1, 0.15) is 42.0 Å². The van der Waals surface area contributed by atoms with Gasteiger partial charge in [0.15, 0.2) is 11.6 Å². The molecule has 33 heteroatoms. The number of aromatic amines is 1. The summed E-state index contributed by atoms with van der Waals surface area (Å²) in [6.07, 6.45) is 1.62. The van der Waals surface area contributed by atoms with Crippen LogP contribution in [-0.2, 0) is 65.1 Å². The number of para-hydroxylation sites is 1. The number of nitrogens with one attached hydrogen (secondary N) is 9. The summed E-state index contributed by atoms with van der Waals surface area (Å²) < 4.78 is 17.7. The number of hydrazine groups is 1. The topological polar surface area (TPSA) is 462 Å². The number of rotatable bonds is 28. The van der Waals surface area contributed by atoms with Crippen molar-refractivity contribution < 1.29 is 88.0 Å². The van der Waals surface area contributed by atoms with Gasteiger partial charge in [-0.3, -0.25) is 54.2 Å². The summed E-state index contributed by atoms with van der Waals surface area (Å²) in [6.45, 7) is 6.46. The van der Waals surface area contributed by atoms with Gasteiger partial charge in [-0.2, -0.15) is 0 Å². The molecule has 2 saturated heterocycles. The number of aliphatic carboxylic acids is 3. The van der Waals surface area contributed by atoms with E-state index in [1.54, 1.807) is 11.9 Å². The highest BCUT2D eigenvalue weighted by Gasteiger charge is 2.79. The first-order chi connectivity index (χ1) is 46.1. The fourth-order valence-corrected chi connectivity index (χ4v) is 18.3. The minimum absolute atomic E-state index is 0.00825. The Kier molecular flexibility index (Phi) is 22.7.